The fraction of sp³-hybridized carbons (Fsp3) is 0.483. The van der Waals surface area contributed by atoms with E-state index in [4.69, 9.17) is 10.5 Å². The highest BCUT2D eigenvalue weighted by Gasteiger charge is 2.41. The van der Waals surface area contributed by atoms with Gasteiger partial charge in [-0.05, 0) is 62.6 Å². The number of likely N-dealkylation sites (tertiary alicyclic amines) is 1. The molecule has 2 unspecified atom stereocenters. The van der Waals surface area contributed by atoms with Crippen molar-refractivity contribution in [2.45, 2.75) is 50.5 Å². The summed E-state index contributed by atoms with van der Waals surface area (Å²) in [6.45, 7) is 5.08. The molecular formula is C29H37ClN4O3. The molecule has 2 aromatic rings. The summed E-state index contributed by atoms with van der Waals surface area (Å²) in [7, 11) is 0. The van der Waals surface area contributed by atoms with Gasteiger partial charge in [0, 0.05) is 19.6 Å². The molecular weight excluding hydrogens is 488 g/mol. The second kappa shape index (κ2) is 12.0. The third-order valence-electron chi connectivity index (χ3n) is 7.62. The Morgan fingerprint density at radius 3 is 2.46 bits per heavy atom. The van der Waals surface area contributed by atoms with Crippen LogP contribution in [0.5, 0.6) is 5.75 Å². The van der Waals surface area contributed by atoms with Gasteiger partial charge in [-0.2, -0.15) is 5.26 Å². The van der Waals surface area contributed by atoms with E-state index in [9.17, 15) is 14.9 Å². The van der Waals surface area contributed by atoms with Gasteiger partial charge in [0.05, 0.1) is 29.5 Å². The predicted octanol–water partition coefficient (Wildman–Crippen LogP) is 3.60. The third-order valence-corrected chi connectivity index (χ3v) is 7.62. The summed E-state index contributed by atoms with van der Waals surface area (Å²) in [5.41, 5.74) is 6.47. The number of hydrogen-bond donors (Lipinski definition) is 2. The molecule has 8 heteroatoms. The number of nitrogens with two attached hydrogens (primary N) is 1. The van der Waals surface area contributed by atoms with Crippen LogP contribution in [-0.2, 0) is 21.4 Å². The van der Waals surface area contributed by atoms with Gasteiger partial charge in [-0.25, -0.2) is 0 Å². The fourth-order valence-corrected chi connectivity index (χ4v) is 5.31. The monoisotopic (exact) mass is 524 g/mol. The summed E-state index contributed by atoms with van der Waals surface area (Å²) in [6.07, 6.45) is 2.59. The summed E-state index contributed by atoms with van der Waals surface area (Å²) in [6, 6.07) is 20.3. The average Bonchev–Trinajstić information content (AvgIpc) is 3.11. The van der Waals surface area contributed by atoms with E-state index in [1.165, 1.54) is 0 Å². The van der Waals surface area contributed by atoms with Crippen molar-refractivity contribution in [3.05, 3.63) is 65.7 Å². The molecule has 1 saturated heterocycles. The first kappa shape index (κ1) is 28.5. The van der Waals surface area contributed by atoms with Crippen molar-refractivity contribution in [1.29, 1.82) is 5.26 Å². The Balaban J connectivity index is 0.00000380. The molecule has 2 amide bonds. The van der Waals surface area contributed by atoms with E-state index in [1.807, 2.05) is 59.5 Å². The van der Waals surface area contributed by atoms with E-state index in [-0.39, 0.29) is 36.7 Å². The standard InChI is InChI=1S/C29H36N4O3.ClH/c1-28(2,31)27(35)32-19-24(21-12-17-36-25-11-7-6-8-22(25)18-21)26(34)33-15-13-29(20-30,14-16-33)23-9-4-3-5-10-23;/h3-11,21,24H,12-19,31H2,1-2H3,(H,32,35);1H. The summed E-state index contributed by atoms with van der Waals surface area (Å²) in [4.78, 5) is 28.4. The molecule has 3 N–H and O–H groups in total. The molecule has 0 aromatic heterocycles. The maximum Gasteiger partial charge on any atom is 0.239 e. The number of fused-ring (bicyclic) bond motifs is 1. The smallest absolute Gasteiger partial charge is 0.239 e. The fourth-order valence-electron chi connectivity index (χ4n) is 5.31. The predicted molar refractivity (Wildman–Crippen MR) is 145 cm³/mol. The number of nitriles is 1. The lowest BCUT2D eigenvalue weighted by Crippen LogP contribution is -2.54. The number of hydrogen-bond acceptors (Lipinski definition) is 5. The Morgan fingerprint density at radius 2 is 1.81 bits per heavy atom. The molecule has 2 aromatic carbocycles. The number of nitrogens with one attached hydrogen (secondary N) is 1. The molecule has 0 aliphatic carbocycles. The van der Waals surface area contributed by atoms with Crippen LogP contribution in [0.1, 0.15) is 44.2 Å². The van der Waals surface area contributed by atoms with Gasteiger partial charge in [-0.15, -0.1) is 12.4 Å². The summed E-state index contributed by atoms with van der Waals surface area (Å²) < 4.78 is 5.96. The topological polar surface area (TPSA) is 108 Å². The van der Waals surface area contributed by atoms with E-state index < -0.39 is 16.9 Å². The lowest BCUT2D eigenvalue weighted by Gasteiger charge is -2.40. The molecule has 0 radical (unpaired) electrons. The summed E-state index contributed by atoms with van der Waals surface area (Å²) in [5, 5.41) is 13.0. The van der Waals surface area contributed by atoms with Crippen LogP contribution < -0.4 is 15.8 Å². The van der Waals surface area contributed by atoms with Crippen molar-refractivity contribution in [3.8, 4) is 11.8 Å². The van der Waals surface area contributed by atoms with Crippen molar-refractivity contribution in [3.63, 3.8) is 0 Å². The van der Waals surface area contributed by atoms with E-state index in [2.05, 4.69) is 11.4 Å². The first-order valence-electron chi connectivity index (χ1n) is 12.8. The van der Waals surface area contributed by atoms with Gasteiger partial charge < -0.3 is 20.7 Å². The highest BCUT2D eigenvalue weighted by Crippen LogP contribution is 2.37. The minimum Gasteiger partial charge on any atom is -0.493 e. The van der Waals surface area contributed by atoms with Crippen molar-refractivity contribution < 1.29 is 14.3 Å². The zero-order chi connectivity index (χ0) is 25.8. The van der Waals surface area contributed by atoms with Crippen LogP contribution in [-0.4, -0.2) is 48.5 Å². The minimum absolute atomic E-state index is 0. The summed E-state index contributed by atoms with van der Waals surface area (Å²) in [5.74, 6) is 0.209. The largest absolute Gasteiger partial charge is 0.493 e. The van der Waals surface area contributed by atoms with Gasteiger partial charge in [-0.1, -0.05) is 48.5 Å². The molecule has 2 aliphatic rings. The molecule has 0 spiro atoms. The number of carbonyl (C=O) groups excluding carboxylic acids is 2. The second-order valence-corrected chi connectivity index (χ2v) is 10.6. The van der Waals surface area contributed by atoms with Crippen molar-refractivity contribution >= 4 is 24.2 Å². The van der Waals surface area contributed by atoms with E-state index >= 15 is 0 Å². The Kier molecular flexibility index (Phi) is 9.22. The first-order chi connectivity index (χ1) is 17.2. The van der Waals surface area contributed by atoms with E-state index in [0.717, 1.165) is 16.9 Å². The number of nitrogens with zero attached hydrogens (tertiary/aromatic N) is 2. The minimum atomic E-state index is -1.03. The maximum absolute atomic E-state index is 13.9. The van der Waals surface area contributed by atoms with Crippen LogP contribution >= 0.6 is 12.4 Å². The number of para-hydroxylation sites is 1. The number of amides is 2. The quantitative estimate of drug-likeness (QED) is 0.600. The van der Waals surface area contributed by atoms with Crippen LogP contribution in [0.25, 0.3) is 0 Å². The molecule has 198 valence electrons. The van der Waals surface area contributed by atoms with Crippen LogP contribution in [0.3, 0.4) is 0 Å². The zero-order valence-corrected chi connectivity index (χ0v) is 22.4. The van der Waals surface area contributed by atoms with Crippen LogP contribution in [0.4, 0.5) is 0 Å². The number of halogens is 1. The van der Waals surface area contributed by atoms with Crippen molar-refractivity contribution in [2.24, 2.45) is 17.6 Å². The van der Waals surface area contributed by atoms with E-state index in [1.54, 1.807) is 13.8 Å². The Labute approximate surface area is 225 Å². The third kappa shape index (κ3) is 6.44. The Morgan fingerprint density at radius 1 is 1.16 bits per heavy atom. The van der Waals surface area contributed by atoms with Gasteiger partial charge in [0.15, 0.2) is 0 Å². The van der Waals surface area contributed by atoms with Crippen molar-refractivity contribution in [2.75, 3.05) is 26.2 Å². The second-order valence-electron chi connectivity index (χ2n) is 10.6. The number of ether oxygens (including phenoxy) is 1. The number of benzene rings is 2. The zero-order valence-electron chi connectivity index (χ0n) is 21.6. The summed E-state index contributed by atoms with van der Waals surface area (Å²) >= 11 is 0. The molecule has 2 atom stereocenters. The molecule has 7 nitrogen and oxygen atoms in total. The molecule has 0 saturated carbocycles. The lowest BCUT2D eigenvalue weighted by molar-refractivity contribution is -0.139. The maximum atomic E-state index is 13.9. The van der Waals surface area contributed by atoms with E-state index in [0.29, 0.717) is 45.4 Å². The van der Waals surface area contributed by atoms with Crippen LogP contribution in [0.15, 0.2) is 54.6 Å². The average molecular weight is 525 g/mol. The molecule has 0 bridgehead atoms. The van der Waals surface area contributed by atoms with Gasteiger partial charge in [0.1, 0.15) is 5.75 Å². The molecule has 2 aliphatic heterocycles. The SMILES string of the molecule is CC(C)(N)C(=O)NCC(C(=O)N1CCC(C#N)(c2ccccc2)CC1)C1CCOc2ccccc2C1.Cl. The van der Waals surface area contributed by atoms with Crippen molar-refractivity contribution in [1.82, 2.24) is 10.2 Å². The van der Waals surface area contributed by atoms with Crippen LogP contribution in [0.2, 0.25) is 0 Å². The Hall–Kier alpha value is -3.08. The van der Waals surface area contributed by atoms with Gasteiger partial charge in [0.2, 0.25) is 11.8 Å². The van der Waals surface area contributed by atoms with Gasteiger partial charge in [0.25, 0.3) is 0 Å². The number of piperidine rings is 1. The number of carbonyl (C=O) groups is 2. The highest BCUT2D eigenvalue weighted by molar-refractivity contribution is 5.86. The normalized spacial score (nSPS) is 19.6. The molecule has 37 heavy (non-hydrogen) atoms. The number of rotatable bonds is 6. The Bertz CT molecular complexity index is 1120. The highest BCUT2D eigenvalue weighted by atomic mass is 35.5. The lowest BCUT2D eigenvalue weighted by atomic mass is 9.73. The molecule has 2 heterocycles. The van der Waals surface area contributed by atoms with Crippen LogP contribution in [0, 0.1) is 23.2 Å². The van der Waals surface area contributed by atoms with Gasteiger partial charge in [-0.3, -0.25) is 9.59 Å². The van der Waals surface area contributed by atoms with Gasteiger partial charge >= 0.3 is 0 Å². The first-order valence-corrected chi connectivity index (χ1v) is 12.8. The molecule has 1 fully saturated rings. The molecule has 4 rings (SSSR count).